The summed E-state index contributed by atoms with van der Waals surface area (Å²) >= 11 is 2.09. The van der Waals surface area contributed by atoms with Crippen LogP contribution in [0.5, 0.6) is 0 Å². The highest BCUT2D eigenvalue weighted by molar-refractivity contribution is 8.00. The topological polar surface area (TPSA) is 21.3 Å². The fraction of sp³-hybridized carbons (Fsp3) is 0.667. The van der Waals surface area contributed by atoms with Crippen LogP contribution >= 0.6 is 11.8 Å². The lowest BCUT2D eigenvalue weighted by atomic mass is 9.75. The predicted molar refractivity (Wildman–Crippen MR) is 90.0 cm³/mol. The SMILES string of the molecule is CC(C)NCC1(CC2Cc3ccccc3S2)CCOCC1. The first-order valence-corrected chi connectivity index (χ1v) is 9.11. The van der Waals surface area contributed by atoms with Gasteiger partial charge < -0.3 is 10.1 Å². The minimum absolute atomic E-state index is 0.433. The second-order valence-corrected chi connectivity index (χ2v) is 8.25. The van der Waals surface area contributed by atoms with Gasteiger partial charge in [0.05, 0.1) is 0 Å². The molecule has 2 nitrogen and oxygen atoms in total. The molecule has 0 aromatic heterocycles. The fourth-order valence-electron chi connectivity index (χ4n) is 3.53. The molecule has 0 amide bonds. The van der Waals surface area contributed by atoms with E-state index in [1.54, 1.807) is 5.56 Å². The van der Waals surface area contributed by atoms with Gasteiger partial charge in [-0.2, -0.15) is 0 Å². The largest absolute Gasteiger partial charge is 0.381 e. The molecule has 1 N–H and O–H groups in total. The average molecular weight is 305 g/mol. The maximum atomic E-state index is 5.62. The van der Waals surface area contributed by atoms with Gasteiger partial charge in [0.1, 0.15) is 0 Å². The molecule has 2 heterocycles. The zero-order valence-corrected chi connectivity index (χ0v) is 14.0. The van der Waals surface area contributed by atoms with Crippen molar-refractivity contribution in [2.75, 3.05) is 19.8 Å². The number of hydrogen-bond donors (Lipinski definition) is 1. The molecule has 1 aromatic rings. The number of rotatable bonds is 5. The summed E-state index contributed by atoms with van der Waals surface area (Å²) in [5.74, 6) is 0. The normalized spacial score (nSPS) is 24.2. The third kappa shape index (κ3) is 3.82. The Kier molecular flexibility index (Phi) is 4.92. The smallest absolute Gasteiger partial charge is 0.0471 e. The third-order valence-corrected chi connectivity index (χ3v) is 6.13. The fourth-order valence-corrected chi connectivity index (χ4v) is 5.05. The molecule has 1 atom stereocenters. The Morgan fingerprint density at radius 3 is 2.76 bits per heavy atom. The van der Waals surface area contributed by atoms with Gasteiger partial charge in [-0.05, 0) is 42.7 Å². The summed E-state index contributed by atoms with van der Waals surface area (Å²) in [7, 11) is 0. The van der Waals surface area contributed by atoms with Gasteiger partial charge in [0.25, 0.3) is 0 Å². The Labute approximate surface area is 133 Å². The second kappa shape index (κ2) is 6.72. The molecule has 0 bridgehead atoms. The van der Waals surface area contributed by atoms with Crippen LogP contribution in [0.15, 0.2) is 29.2 Å². The van der Waals surface area contributed by atoms with Crippen molar-refractivity contribution in [2.45, 2.75) is 55.7 Å². The molecule has 2 aliphatic rings. The molecule has 1 saturated heterocycles. The second-order valence-electron chi connectivity index (χ2n) is 6.90. The van der Waals surface area contributed by atoms with E-state index in [9.17, 15) is 0 Å². The highest BCUT2D eigenvalue weighted by Crippen LogP contribution is 2.45. The molecule has 1 unspecified atom stereocenters. The van der Waals surface area contributed by atoms with Crippen LogP contribution < -0.4 is 5.32 Å². The molecular formula is C18H27NOS. The van der Waals surface area contributed by atoms with E-state index in [1.807, 2.05) is 0 Å². The van der Waals surface area contributed by atoms with Gasteiger partial charge in [0.2, 0.25) is 0 Å². The minimum atomic E-state index is 0.433. The summed E-state index contributed by atoms with van der Waals surface area (Å²) in [6, 6.07) is 9.48. The van der Waals surface area contributed by atoms with E-state index in [0.29, 0.717) is 11.5 Å². The van der Waals surface area contributed by atoms with E-state index >= 15 is 0 Å². The molecule has 2 aliphatic heterocycles. The number of thioether (sulfide) groups is 1. The van der Waals surface area contributed by atoms with E-state index in [4.69, 9.17) is 4.74 Å². The molecule has 3 rings (SSSR count). The Balaban J connectivity index is 1.65. The van der Waals surface area contributed by atoms with E-state index in [1.165, 1.54) is 30.6 Å². The number of hydrogen-bond acceptors (Lipinski definition) is 3. The maximum Gasteiger partial charge on any atom is 0.0471 e. The standard InChI is InChI=1S/C18H27NOS/c1-14(2)19-13-18(7-9-20-10-8-18)12-16-11-15-5-3-4-6-17(15)21-16/h3-6,14,16,19H,7-13H2,1-2H3. The van der Waals surface area contributed by atoms with Crippen molar-refractivity contribution in [2.24, 2.45) is 5.41 Å². The van der Waals surface area contributed by atoms with Crippen LogP contribution in [0.3, 0.4) is 0 Å². The third-order valence-electron chi connectivity index (χ3n) is 4.81. The summed E-state index contributed by atoms with van der Waals surface area (Å²) < 4.78 is 5.62. The molecule has 0 spiro atoms. The van der Waals surface area contributed by atoms with E-state index in [0.717, 1.165) is 25.0 Å². The number of ether oxygens (including phenoxy) is 1. The zero-order chi connectivity index (χ0) is 14.7. The predicted octanol–water partition coefficient (Wildman–Crippen LogP) is 3.89. The molecule has 0 radical (unpaired) electrons. The van der Waals surface area contributed by atoms with Gasteiger partial charge in [0.15, 0.2) is 0 Å². The molecular weight excluding hydrogens is 278 g/mol. The molecule has 0 aliphatic carbocycles. The lowest BCUT2D eigenvalue weighted by molar-refractivity contribution is 0.00953. The molecule has 21 heavy (non-hydrogen) atoms. The maximum absolute atomic E-state index is 5.62. The summed E-state index contributed by atoms with van der Waals surface area (Å²) in [6.07, 6.45) is 4.97. The lowest BCUT2D eigenvalue weighted by Crippen LogP contribution is -2.43. The minimum Gasteiger partial charge on any atom is -0.381 e. The molecule has 0 saturated carbocycles. The van der Waals surface area contributed by atoms with Crippen molar-refractivity contribution in [1.82, 2.24) is 5.32 Å². The summed E-state index contributed by atoms with van der Waals surface area (Å²) in [4.78, 5) is 1.50. The van der Waals surface area contributed by atoms with Gasteiger partial charge in [0, 0.05) is 35.9 Å². The van der Waals surface area contributed by atoms with Crippen LogP contribution in [-0.2, 0) is 11.2 Å². The first kappa shape index (κ1) is 15.4. The van der Waals surface area contributed by atoms with E-state index < -0.39 is 0 Å². The van der Waals surface area contributed by atoms with Gasteiger partial charge in [-0.15, -0.1) is 11.8 Å². The van der Waals surface area contributed by atoms with Crippen LogP contribution in [0.2, 0.25) is 0 Å². The number of fused-ring (bicyclic) bond motifs is 1. The Morgan fingerprint density at radius 1 is 1.29 bits per heavy atom. The van der Waals surface area contributed by atoms with Gasteiger partial charge >= 0.3 is 0 Å². The van der Waals surface area contributed by atoms with E-state index in [2.05, 4.69) is 55.2 Å². The number of nitrogens with one attached hydrogen (secondary N) is 1. The van der Waals surface area contributed by atoms with E-state index in [-0.39, 0.29) is 0 Å². The first-order valence-electron chi connectivity index (χ1n) is 8.23. The first-order chi connectivity index (χ1) is 10.2. The van der Waals surface area contributed by atoms with Crippen molar-refractivity contribution < 1.29 is 4.74 Å². The monoisotopic (exact) mass is 305 g/mol. The Hall–Kier alpha value is -0.510. The van der Waals surface area contributed by atoms with Crippen LogP contribution in [0, 0.1) is 5.41 Å². The average Bonchev–Trinajstić information content (AvgIpc) is 2.88. The molecule has 3 heteroatoms. The van der Waals surface area contributed by atoms with Crippen molar-refractivity contribution in [3.05, 3.63) is 29.8 Å². The van der Waals surface area contributed by atoms with Crippen LogP contribution in [0.1, 0.15) is 38.7 Å². The number of benzene rings is 1. The highest BCUT2D eigenvalue weighted by Gasteiger charge is 2.37. The summed E-state index contributed by atoms with van der Waals surface area (Å²) in [6.45, 7) is 7.50. The van der Waals surface area contributed by atoms with Crippen LogP contribution in [-0.4, -0.2) is 31.1 Å². The van der Waals surface area contributed by atoms with Gasteiger partial charge in [-0.3, -0.25) is 0 Å². The molecule has 1 aromatic carbocycles. The van der Waals surface area contributed by atoms with Crippen LogP contribution in [0.25, 0.3) is 0 Å². The van der Waals surface area contributed by atoms with Crippen molar-refractivity contribution in [3.8, 4) is 0 Å². The molecule has 1 fully saturated rings. The van der Waals surface area contributed by atoms with Gasteiger partial charge in [-0.25, -0.2) is 0 Å². The van der Waals surface area contributed by atoms with Crippen molar-refractivity contribution in [1.29, 1.82) is 0 Å². The van der Waals surface area contributed by atoms with Crippen molar-refractivity contribution >= 4 is 11.8 Å². The van der Waals surface area contributed by atoms with Crippen LogP contribution in [0.4, 0.5) is 0 Å². The zero-order valence-electron chi connectivity index (χ0n) is 13.2. The quantitative estimate of drug-likeness (QED) is 0.892. The lowest BCUT2D eigenvalue weighted by Gasteiger charge is -2.39. The summed E-state index contributed by atoms with van der Waals surface area (Å²) in [5, 5.41) is 4.43. The van der Waals surface area contributed by atoms with Gasteiger partial charge in [-0.1, -0.05) is 32.0 Å². The Morgan fingerprint density at radius 2 is 2.05 bits per heavy atom. The summed E-state index contributed by atoms with van der Waals surface area (Å²) in [5.41, 5.74) is 1.98. The molecule has 116 valence electrons. The van der Waals surface area contributed by atoms with Crippen molar-refractivity contribution in [3.63, 3.8) is 0 Å². The highest BCUT2D eigenvalue weighted by atomic mass is 32.2. The Bertz CT molecular complexity index is 443.